The second-order valence-corrected chi connectivity index (χ2v) is 5.97. The summed E-state index contributed by atoms with van der Waals surface area (Å²) in [7, 11) is 1.63. The molecule has 0 saturated carbocycles. The lowest BCUT2D eigenvalue weighted by atomic mass is 10.2. The summed E-state index contributed by atoms with van der Waals surface area (Å²) < 4.78 is 6.12. The first-order valence-corrected chi connectivity index (χ1v) is 7.67. The van der Waals surface area contributed by atoms with Crippen LogP contribution in [0.5, 0.6) is 5.75 Å². The van der Waals surface area contributed by atoms with Crippen molar-refractivity contribution in [2.75, 3.05) is 7.11 Å². The Kier molecular flexibility index (Phi) is 5.38. The highest BCUT2D eigenvalue weighted by molar-refractivity contribution is 9.10. The maximum absolute atomic E-state index is 11.7. The molecule has 1 aromatic heterocycles. The van der Waals surface area contributed by atoms with E-state index in [9.17, 15) is 4.79 Å². The van der Waals surface area contributed by atoms with E-state index in [4.69, 9.17) is 4.74 Å². The van der Waals surface area contributed by atoms with E-state index in [1.54, 1.807) is 24.5 Å². The number of carbonyl (C=O) groups is 1. The van der Waals surface area contributed by atoms with Gasteiger partial charge in [0.15, 0.2) is 0 Å². The predicted molar refractivity (Wildman–Crippen MR) is 85.9 cm³/mol. The summed E-state index contributed by atoms with van der Waals surface area (Å²) >= 11 is 5.00. The fraction of sp³-hybridized carbons (Fsp3) is 0.133. The highest BCUT2D eigenvalue weighted by atomic mass is 79.9. The van der Waals surface area contributed by atoms with Crippen molar-refractivity contribution in [2.24, 2.45) is 0 Å². The van der Waals surface area contributed by atoms with E-state index in [-0.39, 0.29) is 5.91 Å². The van der Waals surface area contributed by atoms with Crippen LogP contribution in [0.4, 0.5) is 0 Å². The minimum absolute atomic E-state index is 0.106. The zero-order chi connectivity index (χ0) is 14.4. The molecule has 0 aliphatic heterocycles. The molecule has 0 atom stereocenters. The third-order valence-electron chi connectivity index (χ3n) is 2.60. The van der Waals surface area contributed by atoms with Crippen LogP contribution in [0.15, 0.2) is 46.3 Å². The SMILES string of the molecule is COc1ccc(C=CC(=O)NCc2cc(Br)cs2)cc1. The molecule has 0 spiro atoms. The predicted octanol–water partition coefficient (Wildman–Crippen LogP) is 3.85. The summed E-state index contributed by atoms with van der Waals surface area (Å²) in [4.78, 5) is 12.8. The molecule has 1 heterocycles. The fourth-order valence-electron chi connectivity index (χ4n) is 1.57. The number of ether oxygens (including phenoxy) is 1. The summed E-state index contributed by atoms with van der Waals surface area (Å²) in [5.41, 5.74) is 0.958. The Morgan fingerprint density at radius 2 is 2.15 bits per heavy atom. The molecular weight excluding hydrogens is 338 g/mol. The molecule has 0 aliphatic carbocycles. The fourth-order valence-corrected chi connectivity index (χ4v) is 2.96. The molecule has 1 amide bonds. The first kappa shape index (κ1) is 14.8. The van der Waals surface area contributed by atoms with Gasteiger partial charge in [-0.1, -0.05) is 12.1 Å². The molecule has 3 nitrogen and oxygen atoms in total. The molecule has 5 heteroatoms. The van der Waals surface area contributed by atoms with Gasteiger partial charge in [0, 0.05) is 20.8 Å². The van der Waals surface area contributed by atoms with Gasteiger partial charge in [-0.15, -0.1) is 11.3 Å². The summed E-state index contributed by atoms with van der Waals surface area (Å²) in [5.74, 6) is 0.695. The lowest BCUT2D eigenvalue weighted by Gasteiger charge is -2.00. The minimum atomic E-state index is -0.106. The van der Waals surface area contributed by atoms with Gasteiger partial charge in [-0.25, -0.2) is 0 Å². The Bertz CT molecular complexity index is 605. The highest BCUT2D eigenvalue weighted by Crippen LogP contribution is 2.19. The van der Waals surface area contributed by atoms with Crippen LogP contribution in [0, 0.1) is 0 Å². The van der Waals surface area contributed by atoms with E-state index in [2.05, 4.69) is 21.2 Å². The molecule has 1 aromatic carbocycles. The van der Waals surface area contributed by atoms with Crippen molar-refractivity contribution in [3.8, 4) is 5.75 Å². The van der Waals surface area contributed by atoms with Gasteiger partial charge in [0.05, 0.1) is 13.7 Å². The van der Waals surface area contributed by atoms with Crippen molar-refractivity contribution in [3.63, 3.8) is 0 Å². The van der Waals surface area contributed by atoms with Crippen LogP contribution in [0.25, 0.3) is 6.08 Å². The highest BCUT2D eigenvalue weighted by Gasteiger charge is 1.99. The number of halogens is 1. The third-order valence-corrected chi connectivity index (χ3v) is 4.30. The van der Waals surface area contributed by atoms with Gasteiger partial charge in [0.2, 0.25) is 5.91 Å². The van der Waals surface area contributed by atoms with E-state index in [1.165, 1.54) is 6.08 Å². The number of amides is 1. The van der Waals surface area contributed by atoms with Gasteiger partial charge in [-0.2, -0.15) is 0 Å². The van der Waals surface area contributed by atoms with Gasteiger partial charge < -0.3 is 10.1 Å². The standard InChI is InChI=1S/C15H14BrNO2S/c1-19-13-5-2-11(3-6-13)4-7-15(18)17-9-14-8-12(16)10-20-14/h2-8,10H,9H2,1H3,(H,17,18). The second kappa shape index (κ2) is 7.26. The monoisotopic (exact) mass is 351 g/mol. The number of carbonyl (C=O) groups excluding carboxylic acids is 1. The Labute approximate surface area is 130 Å². The molecular formula is C15H14BrNO2S. The maximum Gasteiger partial charge on any atom is 0.244 e. The van der Waals surface area contributed by atoms with Gasteiger partial charge in [-0.05, 0) is 45.8 Å². The Hall–Kier alpha value is -1.59. The van der Waals surface area contributed by atoms with Crippen LogP contribution >= 0.6 is 27.3 Å². The second-order valence-electron chi connectivity index (χ2n) is 4.06. The zero-order valence-corrected chi connectivity index (χ0v) is 13.3. The van der Waals surface area contributed by atoms with Crippen LogP contribution in [0.2, 0.25) is 0 Å². The summed E-state index contributed by atoms with van der Waals surface area (Å²) in [6.45, 7) is 0.544. The summed E-state index contributed by atoms with van der Waals surface area (Å²) in [6.07, 6.45) is 3.31. The maximum atomic E-state index is 11.7. The van der Waals surface area contributed by atoms with Crippen LogP contribution < -0.4 is 10.1 Å². The lowest BCUT2D eigenvalue weighted by molar-refractivity contribution is -0.116. The van der Waals surface area contributed by atoms with Crippen molar-refractivity contribution in [3.05, 3.63) is 56.7 Å². The van der Waals surface area contributed by atoms with Crippen molar-refractivity contribution in [1.29, 1.82) is 0 Å². The average molecular weight is 352 g/mol. The number of hydrogen-bond donors (Lipinski definition) is 1. The van der Waals surface area contributed by atoms with E-state index < -0.39 is 0 Å². The number of methoxy groups -OCH3 is 1. The number of nitrogens with one attached hydrogen (secondary N) is 1. The van der Waals surface area contributed by atoms with Crippen LogP contribution in [-0.2, 0) is 11.3 Å². The van der Waals surface area contributed by atoms with Gasteiger partial charge in [0.25, 0.3) is 0 Å². The molecule has 0 radical (unpaired) electrons. The topological polar surface area (TPSA) is 38.3 Å². The van der Waals surface area contributed by atoms with Gasteiger partial charge in [0.1, 0.15) is 5.75 Å². The van der Waals surface area contributed by atoms with Crippen LogP contribution in [-0.4, -0.2) is 13.0 Å². The molecule has 0 fully saturated rings. The van der Waals surface area contributed by atoms with Crippen LogP contribution in [0.3, 0.4) is 0 Å². The van der Waals surface area contributed by atoms with E-state index in [0.29, 0.717) is 6.54 Å². The van der Waals surface area contributed by atoms with E-state index >= 15 is 0 Å². The minimum Gasteiger partial charge on any atom is -0.497 e. The molecule has 2 aromatic rings. The van der Waals surface area contributed by atoms with Crippen molar-refractivity contribution in [1.82, 2.24) is 5.32 Å². The molecule has 0 aliphatic rings. The number of rotatable bonds is 5. The summed E-state index contributed by atoms with van der Waals surface area (Å²) in [5, 5.41) is 4.84. The normalized spacial score (nSPS) is 10.7. The average Bonchev–Trinajstić information content (AvgIpc) is 2.89. The molecule has 0 saturated heterocycles. The molecule has 2 rings (SSSR count). The van der Waals surface area contributed by atoms with E-state index in [0.717, 1.165) is 20.7 Å². The Morgan fingerprint density at radius 1 is 1.40 bits per heavy atom. The lowest BCUT2D eigenvalue weighted by Crippen LogP contribution is -2.19. The number of thiophene rings is 1. The largest absolute Gasteiger partial charge is 0.497 e. The summed E-state index contributed by atoms with van der Waals surface area (Å²) in [6, 6.07) is 9.53. The number of hydrogen-bond acceptors (Lipinski definition) is 3. The van der Waals surface area contributed by atoms with E-state index in [1.807, 2.05) is 35.7 Å². The first-order valence-electron chi connectivity index (χ1n) is 6.00. The molecule has 20 heavy (non-hydrogen) atoms. The Morgan fingerprint density at radius 3 is 2.75 bits per heavy atom. The molecule has 0 bridgehead atoms. The van der Waals surface area contributed by atoms with Crippen molar-refractivity contribution in [2.45, 2.75) is 6.54 Å². The van der Waals surface area contributed by atoms with Crippen molar-refractivity contribution >= 4 is 39.2 Å². The van der Waals surface area contributed by atoms with Crippen molar-refractivity contribution < 1.29 is 9.53 Å². The smallest absolute Gasteiger partial charge is 0.244 e. The number of benzene rings is 1. The molecule has 104 valence electrons. The Balaban J connectivity index is 1.85. The van der Waals surface area contributed by atoms with Gasteiger partial charge >= 0.3 is 0 Å². The van der Waals surface area contributed by atoms with Gasteiger partial charge in [-0.3, -0.25) is 4.79 Å². The third kappa shape index (κ3) is 4.51. The molecule has 1 N–H and O–H groups in total. The quantitative estimate of drug-likeness (QED) is 0.830. The zero-order valence-electron chi connectivity index (χ0n) is 10.9. The van der Waals surface area contributed by atoms with Crippen LogP contribution in [0.1, 0.15) is 10.4 Å². The molecule has 0 unspecified atom stereocenters. The first-order chi connectivity index (χ1) is 9.67.